The second-order valence-electron chi connectivity index (χ2n) is 5.25. The van der Waals surface area contributed by atoms with Crippen molar-refractivity contribution in [2.24, 2.45) is 5.92 Å². The first-order valence-electron chi connectivity index (χ1n) is 6.90. The molecule has 0 aliphatic heterocycles. The smallest absolute Gasteiger partial charge is 0.251 e. The third kappa shape index (κ3) is 3.19. The molecule has 0 radical (unpaired) electrons. The first kappa shape index (κ1) is 13.7. The SMILES string of the molecule is CNC(=O)c1ccc(OC2CCCCC2C)c(N)c1. The van der Waals surface area contributed by atoms with E-state index in [0.717, 1.165) is 6.42 Å². The maximum absolute atomic E-state index is 11.5. The molecule has 0 saturated heterocycles. The van der Waals surface area contributed by atoms with Gasteiger partial charge in [0.1, 0.15) is 11.9 Å². The molecule has 1 aliphatic rings. The van der Waals surface area contributed by atoms with Gasteiger partial charge in [0.25, 0.3) is 5.91 Å². The molecule has 2 rings (SSSR count). The maximum Gasteiger partial charge on any atom is 0.251 e. The molecular weight excluding hydrogens is 240 g/mol. The highest BCUT2D eigenvalue weighted by Gasteiger charge is 2.23. The summed E-state index contributed by atoms with van der Waals surface area (Å²) in [7, 11) is 1.60. The van der Waals surface area contributed by atoms with Gasteiger partial charge in [-0.15, -0.1) is 0 Å². The van der Waals surface area contributed by atoms with Gasteiger partial charge in [0.05, 0.1) is 5.69 Å². The van der Waals surface area contributed by atoms with Crippen molar-refractivity contribution in [2.45, 2.75) is 38.7 Å². The van der Waals surface area contributed by atoms with Crippen LogP contribution in [0.4, 0.5) is 5.69 Å². The van der Waals surface area contributed by atoms with Crippen LogP contribution < -0.4 is 15.8 Å². The Morgan fingerprint density at radius 2 is 2.11 bits per heavy atom. The number of nitrogens with one attached hydrogen (secondary N) is 1. The number of amides is 1. The average Bonchev–Trinajstić information content (AvgIpc) is 2.42. The predicted octanol–water partition coefficient (Wildman–Crippen LogP) is 2.59. The molecule has 1 amide bonds. The third-order valence-corrected chi connectivity index (χ3v) is 3.81. The number of carbonyl (C=O) groups is 1. The van der Waals surface area contributed by atoms with Crippen LogP contribution in [0.25, 0.3) is 0 Å². The van der Waals surface area contributed by atoms with Gasteiger partial charge in [-0.05, 0) is 43.4 Å². The summed E-state index contributed by atoms with van der Waals surface area (Å²) in [6.07, 6.45) is 5.03. The largest absolute Gasteiger partial charge is 0.488 e. The van der Waals surface area contributed by atoms with E-state index in [0.29, 0.717) is 22.9 Å². The van der Waals surface area contributed by atoms with Crippen LogP contribution >= 0.6 is 0 Å². The molecule has 3 N–H and O–H groups in total. The summed E-state index contributed by atoms with van der Waals surface area (Å²) in [4.78, 5) is 11.5. The summed E-state index contributed by atoms with van der Waals surface area (Å²) in [5.74, 6) is 1.11. The van der Waals surface area contributed by atoms with E-state index in [1.54, 1.807) is 25.2 Å². The minimum atomic E-state index is -0.135. The number of carbonyl (C=O) groups excluding carboxylic acids is 1. The molecule has 0 heterocycles. The number of ether oxygens (including phenoxy) is 1. The Morgan fingerprint density at radius 3 is 2.74 bits per heavy atom. The highest BCUT2D eigenvalue weighted by atomic mass is 16.5. The molecule has 4 nitrogen and oxygen atoms in total. The van der Waals surface area contributed by atoms with Crippen molar-refractivity contribution in [3.63, 3.8) is 0 Å². The minimum Gasteiger partial charge on any atom is -0.488 e. The Labute approximate surface area is 114 Å². The number of benzene rings is 1. The average molecular weight is 262 g/mol. The zero-order valence-electron chi connectivity index (χ0n) is 11.6. The number of hydrogen-bond donors (Lipinski definition) is 2. The number of hydrogen-bond acceptors (Lipinski definition) is 3. The first-order valence-corrected chi connectivity index (χ1v) is 6.90. The lowest BCUT2D eigenvalue weighted by Crippen LogP contribution is -2.28. The molecular formula is C15H22N2O2. The van der Waals surface area contributed by atoms with Gasteiger partial charge in [0.15, 0.2) is 0 Å². The number of nitrogen functional groups attached to an aromatic ring is 1. The zero-order chi connectivity index (χ0) is 13.8. The molecule has 1 fully saturated rings. The van der Waals surface area contributed by atoms with Crippen molar-refractivity contribution in [1.29, 1.82) is 0 Å². The second kappa shape index (κ2) is 5.95. The van der Waals surface area contributed by atoms with Gasteiger partial charge in [-0.25, -0.2) is 0 Å². The molecule has 0 bridgehead atoms. The van der Waals surface area contributed by atoms with E-state index in [1.807, 2.05) is 0 Å². The van der Waals surface area contributed by atoms with Crippen LogP contribution in [0, 0.1) is 5.92 Å². The van der Waals surface area contributed by atoms with E-state index in [1.165, 1.54) is 19.3 Å². The fraction of sp³-hybridized carbons (Fsp3) is 0.533. The van der Waals surface area contributed by atoms with Gasteiger partial charge in [0, 0.05) is 12.6 Å². The Hall–Kier alpha value is -1.71. The number of nitrogens with two attached hydrogens (primary N) is 1. The van der Waals surface area contributed by atoms with Crippen molar-refractivity contribution in [1.82, 2.24) is 5.32 Å². The van der Waals surface area contributed by atoms with Crippen molar-refractivity contribution < 1.29 is 9.53 Å². The summed E-state index contributed by atoms with van der Waals surface area (Å²) in [5, 5.41) is 2.58. The molecule has 1 aromatic rings. The van der Waals surface area contributed by atoms with Crippen LogP contribution in [0.5, 0.6) is 5.75 Å². The Kier molecular flexibility index (Phi) is 4.30. The van der Waals surface area contributed by atoms with Crippen LogP contribution in [0.3, 0.4) is 0 Å². The second-order valence-corrected chi connectivity index (χ2v) is 5.25. The number of anilines is 1. The van der Waals surface area contributed by atoms with E-state index in [2.05, 4.69) is 12.2 Å². The number of rotatable bonds is 3. The lowest BCUT2D eigenvalue weighted by atomic mass is 9.88. The van der Waals surface area contributed by atoms with Crippen molar-refractivity contribution in [3.05, 3.63) is 23.8 Å². The first-order chi connectivity index (χ1) is 9.11. The van der Waals surface area contributed by atoms with Crippen LogP contribution in [0.1, 0.15) is 43.0 Å². The van der Waals surface area contributed by atoms with Crippen molar-refractivity contribution in [3.8, 4) is 5.75 Å². The minimum absolute atomic E-state index is 0.135. The summed E-state index contributed by atoms with van der Waals surface area (Å²) in [6, 6.07) is 5.21. The topological polar surface area (TPSA) is 64.3 Å². The molecule has 2 unspecified atom stereocenters. The van der Waals surface area contributed by atoms with Gasteiger partial charge in [-0.1, -0.05) is 13.3 Å². The van der Waals surface area contributed by atoms with Crippen molar-refractivity contribution >= 4 is 11.6 Å². The van der Waals surface area contributed by atoms with Crippen molar-refractivity contribution in [2.75, 3.05) is 12.8 Å². The van der Waals surface area contributed by atoms with E-state index in [9.17, 15) is 4.79 Å². The molecule has 4 heteroatoms. The van der Waals surface area contributed by atoms with Gasteiger partial charge >= 0.3 is 0 Å². The summed E-state index contributed by atoms with van der Waals surface area (Å²) in [6.45, 7) is 2.22. The lowest BCUT2D eigenvalue weighted by molar-refractivity contribution is 0.0962. The summed E-state index contributed by atoms with van der Waals surface area (Å²) < 4.78 is 6.01. The molecule has 104 valence electrons. The highest BCUT2D eigenvalue weighted by molar-refractivity contribution is 5.95. The molecule has 0 aromatic heterocycles. The Bertz CT molecular complexity index is 459. The molecule has 1 aliphatic carbocycles. The van der Waals surface area contributed by atoms with Crippen LogP contribution in [0.15, 0.2) is 18.2 Å². The maximum atomic E-state index is 11.5. The molecule has 1 aromatic carbocycles. The van der Waals surface area contributed by atoms with Gasteiger partial charge < -0.3 is 15.8 Å². The molecule has 2 atom stereocenters. The summed E-state index contributed by atoms with van der Waals surface area (Å²) >= 11 is 0. The molecule has 1 saturated carbocycles. The van der Waals surface area contributed by atoms with Crippen LogP contribution in [-0.4, -0.2) is 19.1 Å². The molecule has 0 spiro atoms. The predicted molar refractivity (Wildman–Crippen MR) is 76.3 cm³/mol. The van der Waals surface area contributed by atoms with E-state index in [4.69, 9.17) is 10.5 Å². The van der Waals surface area contributed by atoms with E-state index < -0.39 is 0 Å². The summed E-state index contributed by atoms with van der Waals surface area (Å²) in [5.41, 5.74) is 7.06. The van der Waals surface area contributed by atoms with Crippen LogP contribution in [-0.2, 0) is 0 Å². The van der Waals surface area contributed by atoms with E-state index in [-0.39, 0.29) is 12.0 Å². The fourth-order valence-electron chi connectivity index (χ4n) is 2.56. The fourth-order valence-corrected chi connectivity index (χ4v) is 2.56. The van der Waals surface area contributed by atoms with Gasteiger partial charge in [0.2, 0.25) is 0 Å². The van der Waals surface area contributed by atoms with Gasteiger partial charge in [-0.2, -0.15) is 0 Å². The van der Waals surface area contributed by atoms with Gasteiger partial charge in [-0.3, -0.25) is 4.79 Å². The van der Waals surface area contributed by atoms with E-state index >= 15 is 0 Å². The normalized spacial score (nSPS) is 22.8. The standard InChI is InChI=1S/C15H22N2O2/c1-10-5-3-4-6-13(10)19-14-8-7-11(9-12(14)16)15(18)17-2/h7-10,13H,3-6,16H2,1-2H3,(H,17,18). The Morgan fingerprint density at radius 1 is 1.37 bits per heavy atom. The quantitative estimate of drug-likeness (QED) is 0.823. The highest BCUT2D eigenvalue weighted by Crippen LogP contribution is 2.31. The lowest BCUT2D eigenvalue weighted by Gasteiger charge is -2.29. The van der Waals surface area contributed by atoms with Crippen LogP contribution in [0.2, 0.25) is 0 Å². The zero-order valence-corrected chi connectivity index (χ0v) is 11.6. The Balaban J connectivity index is 2.10. The molecule has 19 heavy (non-hydrogen) atoms. The third-order valence-electron chi connectivity index (χ3n) is 3.81. The monoisotopic (exact) mass is 262 g/mol.